The molecule has 0 aromatic heterocycles. The molecule has 1 fully saturated rings. The number of hydrogen-bond acceptors (Lipinski definition) is 5. The topological polar surface area (TPSA) is 88.7 Å². The lowest BCUT2D eigenvalue weighted by molar-refractivity contribution is -0.126. The van der Waals surface area contributed by atoms with Gasteiger partial charge in [0.15, 0.2) is 11.5 Å². The van der Waals surface area contributed by atoms with E-state index in [4.69, 9.17) is 9.47 Å². The van der Waals surface area contributed by atoms with Crippen molar-refractivity contribution in [2.75, 3.05) is 19.9 Å². The van der Waals surface area contributed by atoms with Gasteiger partial charge in [-0.15, -0.1) is 0 Å². The maximum absolute atomic E-state index is 12.0. The van der Waals surface area contributed by atoms with Crippen molar-refractivity contribution in [1.29, 1.82) is 0 Å². The van der Waals surface area contributed by atoms with Crippen LogP contribution in [0.4, 0.5) is 0 Å². The maximum Gasteiger partial charge on any atom is 0.239 e. The van der Waals surface area contributed by atoms with Gasteiger partial charge in [0.1, 0.15) is 6.04 Å². The first-order valence-corrected chi connectivity index (χ1v) is 6.39. The molecule has 1 unspecified atom stereocenters. The molecule has 1 atom stereocenters. The maximum atomic E-state index is 12.0. The first-order valence-electron chi connectivity index (χ1n) is 6.39. The van der Waals surface area contributed by atoms with Crippen LogP contribution in [0.2, 0.25) is 0 Å². The smallest absolute Gasteiger partial charge is 0.239 e. The van der Waals surface area contributed by atoms with Gasteiger partial charge in [-0.2, -0.15) is 0 Å². The Hall–Kier alpha value is -2.28. The van der Waals surface area contributed by atoms with Crippen molar-refractivity contribution in [2.45, 2.75) is 12.6 Å². The van der Waals surface area contributed by atoms with Crippen LogP contribution in [-0.2, 0) is 16.1 Å². The fourth-order valence-electron chi connectivity index (χ4n) is 2.19. The van der Waals surface area contributed by atoms with Crippen LogP contribution in [0.25, 0.3) is 0 Å². The third-order valence-corrected chi connectivity index (χ3v) is 3.26. The number of hydrogen-bond donors (Lipinski definition) is 3. The standard InChI is InChI=1S/C13H15N3O4/c17-11-6-14-9(5-15-11)13(18)16-4-8-2-1-3-10-12(8)20-7-19-10/h1-3,9,14H,4-7H2,(H,15,17)(H,16,18). The van der Waals surface area contributed by atoms with Crippen molar-refractivity contribution in [3.8, 4) is 11.5 Å². The molecule has 2 amide bonds. The van der Waals surface area contributed by atoms with Gasteiger partial charge in [0.2, 0.25) is 18.6 Å². The first kappa shape index (κ1) is 12.7. The highest BCUT2D eigenvalue weighted by Crippen LogP contribution is 2.35. The minimum atomic E-state index is -0.401. The number of benzene rings is 1. The Morgan fingerprint density at radius 3 is 3.10 bits per heavy atom. The third kappa shape index (κ3) is 2.53. The van der Waals surface area contributed by atoms with Crippen LogP contribution < -0.4 is 25.4 Å². The average molecular weight is 277 g/mol. The largest absolute Gasteiger partial charge is 0.454 e. The lowest BCUT2D eigenvalue weighted by atomic mass is 10.1. The van der Waals surface area contributed by atoms with Crippen LogP contribution >= 0.6 is 0 Å². The van der Waals surface area contributed by atoms with Gasteiger partial charge in [0.05, 0.1) is 6.54 Å². The second kappa shape index (κ2) is 5.38. The quantitative estimate of drug-likeness (QED) is 0.667. The van der Waals surface area contributed by atoms with E-state index in [9.17, 15) is 9.59 Å². The molecule has 7 nitrogen and oxygen atoms in total. The highest BCUT2D eigenvalue weighted by Gasteiger charge is 2.24. The zero-order valence-electron chi connectivity index (χ0n) is 10.8. The lowest BCUT2D eigenvalue weighted by Crippen LogP contribution is -2.57. The number of rotatable bonds is 3. The summed E-state index contributed by atoms with van der Waals surface area (Å²) < 4.78 is 10.7. The molecule has 1 aromatic rings. The molecule has 3 N–H and O–H groups in total. The molecule has 1 aromatic carbocycles. The second-order valence-electron chi connectivity index (χ2n) is 4.61. The Labute approximate surface area is 115 Å². The monoisotopic (exact) mass is 277 g/mol. The Bertz CT molecular complexity index is 536. The molecule has 7 heteroatoms. The van der Waals surface area contributed by atoms with Crippen molar-refractivity contribution < 1.29 is 19.1 Å². The van der Waals surface area contributed by atoms with E-state index in [1.54, 1.807) is 0 Å². The first-order chi connectivity index (χ1) is 9.74. The summed E-state index contributed by atoms with van der Waals surface area (Å²) in [5.74, 6) is 1.12. The van der Waals surface area contributed by atoms with Gasteiger partial charge < -0.3 is 20.1 Å². The van der Waals surface area contributed by atoms with Crippen molar-refractivity contribution in [1.82, 2.24) is 16.0 Å². The van der Waals surface area contributed by atoms with Crippen LogP contribution in [0.1, 0.15) is 5.56 Å². The van der Waals surface area contributed by atoms with Crippen LogP contribution in [0.5, 0.6) is 11.5 Å². The fourth-order valence-corrected chi connectivity index (χ4v) is 2.19. The summed E-state index contributed by atoms with van der Waals surface area (Å²) in [4.78, 5) is 23.0. The number of piperazine rings is 1. The molecule has 2 aliphatic heterocycles. The summed E-state index contributed by atoms with van der Waals surface area (Å²) in [6.45, 7) is 1.03. The minimum Gasteiger partial charge on any atom is -0.454 e. The summed E-state index contributed by atoms with van der Waals surface area (Å²) in [5, 5.41) is 8.35. The average Bonchev–Trinajstić information content (AvgIpc) is 2.94. The Morgan fingerprint density at radius 2 is 2.30 bits per heavy atom. The lowest BCUT2D eigenvalue weighted by Gasteiger charge is -2.23. The van der Waals surface area contributed by atoms with Crippen molar-refractivity contribution in [2.24, 2.45) is 0 Å². The Morgan fingerprint density at radius 1 is 1.40 bits per heavy atom. The van der Waals surface area contributed by atoms with E-state index in [0.717, 1.165) is 5.56 Å². The van der Waals surface area contributed by atoms with Crippen molar-refractivity contribution >= 4 is 11.8 Å². The Kier molecular flexibility index (Phi) is 3.42. The molecule has 1 saturated heterocycles. The predicted molar refractivity (Wildman–Crippen MR) is 69.2 cm³/mol. The summed E-state index contributed by atoms with van der Waals surface area (Å²) in [5.41, 5.74) is 0.869. The van der Waals surface area contributed by atoms with E-state index in [2.05, 4.69) is 16.0 Å². The minimum absolute atomic E-state index is 0.0968. The molecule has 0 radical (unpaired) electrons. The highest BCUT2D eigenvalue weighted by atomic mass is 16.7. The van der Waals surface area contributed by atoms with Crippen molar-refractivity contribution in [3.05, 3.63) is 23.8 Å². The fraction of sp³-hybridized carbons (Fsp3) is 0.385. The van der Waals surface area contributed by atoms with Gasteiger partial charge in [-0.05, 0) is 6.07 Å². The molecule has 0 saturated carbocycles. The number of carbonyl (C=O) groups is 2. The van der Waals surface area contributed by atoms with Gasteiger partial charge in [-0.3, -0.25) is 14.9 Å². The number of fused-ring (bicyclic) bond motifs is 1. The zero-order chi connectivity index (χ0) is 13.9. The molecular formula is C13H15N3O4. The van der Waals surface area contributed by atoms with Gasteiger partial charge >= 0.3 is 0 Å². The molecule has 0 spiro atoms. The van der Waals surface area contributed by atoms with E-state index in [0.29, 0.717) is 24.6 Å². The molecule has 0 bridgehead atoms. The number of amides is 2. The summed E-state index contributed by atoms with van der Waals surface area (Å²) >= 11 is 0. The Balaban J connectivity index is 1.58. The molecule has 3 rings (SSSR count). The van der Waals surface area contributed by atoms with E-state index in [1.165, 1.54) is 0 Å². The molecule has 106 valence electrons. The number of para-hydroxylation sites is 1. The molecule has 2 aliphatic rings. The summed E-state index contributed by atoms with van der Waals surface area (Å²) in [6.07, 6.45) is 0. The SMILES string of the molecule is O=C1CNC(C(=O)NCc2cccc3c2OCO3)CN1. The number of nitrogens with one attached hydrogen (secondary N) is 3. The van der Waals surface area contributed by atoms with E-state index < -0.39 is 6.04 Å². The predicted octanol–water partition coefficient (Wildman–Crippen LogP) is -0.880. The van der Waals surface area contributed by atoms with Crippen LogP contribution in [0, 0.1) is 0 Å². The zero-order valence-corrected chi connectivity index (χ0v) is 10.8. The van der Waals surface area contributed by atoms with Crippen LogP contribution in [-0.4, -0.2) is 37.7 Å². The van der Waals surface area contributed by atoms with Gasteiger partial charge in [0.25, 0.3) is 0 Å². The molecule has 0 aliphatic carbocycles. The van der Waals surface area contributed by atoms with Gasteiger partial charge in [0, 0.05) is 18.7 Å². The molecule has 2 heterocycles. The third-order valence-electron chi connectivity index (χ3n) is 3.26. The van der Waals surface area contributed by atoms with E-state index in [1.807, 2.05) is 18.2 Å². The molecule has 20 heavy (non-hydrogen) atoms. The van der Waals surface area contributed by atoms with Gasteiger partial charge in [-0.25, -0.2) is 0 Å². The van der Waals surface area contributed by atoms with E-state index in [-0.39, 0.29) is 25.2 Å². The molecular weight excluding hydrogens is 262 g/mol. The normalized spacial score (nSPS) is 20.4. The second-order valence-corrected chi connectivity index (χ2v) is 4.61. The van der Waals surface area contributed by atoms with Gasteiger partial charge in [-0.1, -0.05) is 12.1 Å². The number of carbonyl (C=O) groups excluding carboxylic acids is 2. The summed E-state index contributed by atoms with van der Waals surface area (Å²) in [7, 11) is 0. The highest BCUT2D eigenvalue weighted by molar-refractivity contribution is 5.86. The van der Waals surface area contributed by atoms with E-state index >= 15 is 0 Å². The summed E-state index contributed by atoms with van der Waals surface area (Å²) in [6, 6.07) is 5.16. The van der Waals surface area contributed by atoms with Crippen LogP contribution in [0.15, 0.2) is 18.2 Å². The number of ether oxygens (including phenoxy) is 2. The van der Waals surface area contributed by atoms with Crippen molar-refractivity contribution in [3.63, 3.8) is 0 Å². The van der Waals surface area contributed by atoms with Crippen LogP contribution in [0.3, 0.4) is 0 Å².